The van der Waals surface area contributed by atoms with Crippen LogP contribution in [0.5, 0.6) is 0 Å². The topological polar surface area (TPSA) is 57.5 Å². The highest BCUT2D eigenvalue weighted by Crippen LogP contribution is 2.44. The van der Waals surface area contributed by atoms with Crippen LogP contribution in [0.4, 0.5) is 4.39 Å². The number of fused-ring (bicyclic) bond motifs is 3. The van der Waals surface area contributed by atoms with E-state index in [4.69, 9.17) is 9.47 Å². The number of carbonyl (C=O) groups is 1. The maximum absolute atomic E-state index is 14.6. The number of pyridine rings is 1. The first kappa shape index (κ1) is 23.7. The number of allylic oxidation sites excluding steroid dienone is 4. The highest BCUT2D eigenvalue weighted by atomic mass is 19.1. The minimum absolute atomic E-state index is 0.0844. The van der Waals surface area contributed by atoms with E-state index in [9.17, 15) is 14.0 Å². The number of rotatable bonds is 3. The molecular weight excluding hydrogens is 445 g/mol. The third-order valence-electron chi connectivity index (χ3n) is 7.69. The van der Waals surface area contributed by atoms with Crippen molar-refractivity contribution in [2.45, 2.75) is 71.9 Å². The minimum Gasteiger partial charge on any atom is -0.463 e. The van der Waals surface area contributed by atoms with Gasteiger partial charge in [0.1, 0.15) is 5.82 Å². The Bertz CT molecular complexity index is 1350. The van der Waals surface area contributed by atoms with Crippen LogP contribution >= 0.6 is 0 Å². The van der Waals surface area contributed by atoms with Gasteiger partial charge in [-0.15, -0.1) is 0 Å². The lowest BCUT2D eigenvalue weighted by Crippen LogP contribution is -2.27. The van der Waals surface area contributed by atoms with Gasteiger partial charge in [-0.1, -0.05) is 19.4 Å². The van der Waals surface area contributed by atoms with Crippen LogP contribution in [0.1, 0.15) is 77.8 Å². The minimum atomic E-state index is -0.904. The maximum Gasteiger partial charge on any atom is 0.339 e. The number of halogens is 1. The largest absolute Gasteiger partial charge is 0.463 e. The van der Waals surface area contributed by atoms with Crippen LogP contribution in [0.15, 0.2) is 28.6 Å². The normalized spacial score (nSPS) is 22.5. The van der Waals surface area contributed by atoms with Crippen molar-refractivity contribution in [3.8, 4) is 0 Å². The summed E-state index contributed by atoms with van der Waals surface area (Å²) in [5.74, 6) is -0.609. The molecule has 5 rings (SSSR count). The van der Waals surface area contributed by atoms with Crippen LogP contribution < -0.4 is 5.56 Å². The molecule has 0 N–H and O–H groups in total. The molecule has 2 aliphatic heterocycles. The van der Waals surface area contributed by atoms with Gasteiger partial charge in [0.25, 0.3) is 5.56 Å². The summed E-state index contributed by atoms with van der Waals surface area (Å²) >= 11 is 0. The van der Waals surface area contributed by atoms with Gasteiger partial charge in [-0.3, -0.25) is 4.79 Å². The summed E-state index contributed by atoms with van der Waals surface area (Å²) in [7, 11) is 1.47. The fourth-order valence-electron chi connectivity index (χ4n) is 5.97. The zero-order chi connectivity index (χ0) is 24.9. The lowest BCUT2D eigenvalue weighted by Gasteiger charge is -2.26. The third-order valence-corrected chi connectivity index (χ3v) is 7.69. The van der Waals surface area contributed by atoms with Crippen molar-refractivity contribution in [2.24, 2.45) is 0 Å². The van der Waals surface area contributed by atoms with Crippen LogP contribution in [0.2, 0.25) is 0 Å². The molecule has 1 atom stereocenters. The van der Waals surface area contributed by atoms with E-state index >= 15 is 0 Å². The van der Waals surface area contributed by atoms with E-state index in [0.717, 1.165) is 71.2 Å². The number of hydrogen-bond donors (Lipinski definition) is 0. The van der Waals surface area contributed by atoms with Crippen molar-refractivity contribution < 1.29 is 18.7 Å². The lowest BCUT2D eigenvalue weighted by molar-refractivity contribution is -0.154. The predicted molar refractivity (Wildman–Crippen MR) is 134 cm³/mol. The molecule has 1 aromatic heterocycles. The number of aromatic nitrogens is 1. The highest BCUT2D eigenvalue weighted by Gasteiger charge is 2.35. The summed E-state index contributed by atoms with van der Waals surface area (Å²) < 4.78 is 27.2. The van der Waals surface area contributed by atoms with Gasteiger partial charge in [-0.2, -0.15) is 0 Å². The highest BCUT2D eigenvalue weighted by molar-refractivity contribution is 5.93. The SMILES string of the molecule is CCC/C=C1/C(=C2/CCCc3c(C)c(F)cc(C)c32)Cn2c1cc1c(c2=O)CCOC(=O)C1OC. The molecule has 1 unspecified atom stereocenters. The first-order valence-electron chi connectivity index (χ1n) is 12.5. The molecule has 0 fully saturated rings. The number of ether oxygens (including phenoxy) is 2. The number of nitrogens with zero attached hydrogens (tertiary/aromatic N) is 1. The van der Waals surface area contributed by atoms with Crippen LogP contribution in [-0.2, 0) is 33.7 Å². The number of benzene rings is 1. The number of hydrogen-bond acceptors (Lipinski definition) is 4. The van der Waals surface area contributed by atoms with Gasteiger partial charge in [0, 0.05) is 24.7 Å². The van der Waals surface area contributed by atoms with Gasteiger partial charge in [-0.25, -0.2) is 9.18 Å². The lowest BCUT2D eigenvalue weighted by atomic mass is 9.79. The van der Waals surface area contributed by atoms with E-state index in [2.05, 4.69) is 13.0 Å². The first-order valence-corrected chi connectivity index (χ1v) is 12.5. The molecule has 2 aromatic rings. The quantitative estimate of drug-likeness (QED) is 0.557. The third kappa shape index (κ3) is 3.79. The Morgan fingerprint density at radius 1 is 1.14 bits per heavy atom. The van der Waals surface area contributed by atoms with E-state index in [1.54, 1.807) is 6.07 Å². The average Bonchev–Trinajstić information content (AvgIpc) is 3.12. The zero-order valence-electron chi connectivity index (χ0n) is 20.9. The Labute approximate surface area is 205 Å². The molecule has 3 heterocycles. The van der Waals surface area contributed by atoms with Crippen molar-refractivity contribution in [3.63, 3.8) is 0 Å². The summed E-state index contributed by atoms with van der Waals surface area (Å²) in [6, 6.07) is 3.60. The number of unbranched alkanes of at least 4 members (excludes halogenated alkanes) is 1. The van der Waals surface area contributed by atoms with Crippen molar-refractivity contribution in [2.75, 3.05) is 13.7 Å². The van der Waals surface area contributed by atoms with Crippen LogP contribution in [0.3, 0.4) is 0 Å². The Hall–Kier alpha value is -2.99. The van der Waals surface area contributed by atoms with Crippen LogP contribution in [-0.4, -0.2) is 24.3 Å². The van der Waals surface area contributed by atoms with Gasteiger partial charge < -0.3 is 14.0 Å². The molecule has 184 valence electrons. The molecule has 6 heteroatoms. The molecule has 35 heavy (non-hydrogen) atoms. The standard InChI is InChI=1S/C29H32FNO4/c1-5-6-8-19-23(20-10-7-9-18-17(3)24(30)13-16(2)26(18)20)15-31-25(19)14-22-21(28(31)32)11-12-35-29(33)27(22)34-4/h8,13-14,27H,5-7,9-12,15H2,1-4H3/b19-8-,23-20-. The van der Waals surface area contributed by atoms with E-state index < -0.39 is 12.1 Å². The molecule has 0 amide bonds. The zero-order valence-corrected chi connectivity index (χ0v) is 20.9. The van der Waals surface area contributed by atoms with E-state index in [1.807, 2.05) is 24.5 Å². The van der Waals surface area contributed by atoms with Crippen molar-refractivity contribution in [1.82, 2.24) is 4.57 Å². The summed E-state index contributed by atoms with van der Waals surface area (Å²) in [5.41, 5.74) is 9.25. The van der Waals surface area contributed by atoms with Gasteiger partial charge in [0.05, 0.1) is 18.8 Å². The molecule has 0 bridgehead atoms. The molecule has 0 saturated carbocycles. The predicted octanol–water partition coefficient (Wildman–Crippen LogP) is 5.38. The van der Waals surface area contributed by atoms with Crippen molar-refractivity contribution in [1.29, 1.82) is 0 Å². The fourth-order valence-corrected chi connectivity index (χ4v) is 5.97. The molecule has 1 aromatic carbocycles. The van der Waals surface area contributed by atoms with Crippen LogP contribution in [0.25, 0.3) is 11.1 Å². The molecule has 5 nitrogen and oxygen atoms in total. The second-order valence-electron chi connectivity index (χ2n) is 9.76. The Kier molecular flexibility index (Phi) is 6.26. The van der Waals surface area contributed by atoms with E-state index in [1.165, 1.54) is 12.7 Å². The summed E-state index contributed by atoms with van der Waals surface area (Å²) in [6.45, 7) is 6.63. The first-order chi connectivity index (χ1) is 16.9. The smallest absolute Gasteiger partial charge is 0.339 e. The number of esters is 1. The van der Waals surface area contributed by atoms with E-state index in [0.29, 0.717) is 24.1 Å². The summed E-state index contributed by atoms with van der Waals surface area (Å²) in [6.07, 6.45) is 6.25. The maximum atomic E-state index is 14.6. The number of cyclic esters (lactones) is 1. The summed E-state index contributed by atoms with van der Waals surface area (Å²) in [4.78, 5) is 26.2. The molecule has 0 radical (unpaired) electrons. The Balaban J connectivity index is 1.76. The molecule has 0 saturated heterocycles. The fraction of sp³-hybridized carbons (Fsp3) is 0.448. The van der Waals surface area contributed by atoms with Crippen molar-refractivity contribution >= 4 is 17.1 Å². The number of methoxy groups -OCH3 is 1. The van der Waals surface area contributed by atoms with Gasteiger partial charge in [0.2, 0.25) is 0 Å². The number of aryl methyl sites for hydroxylation is 1. The van der Waals surface area contributed by atoms with Crippen LogP contribution in [0, 0.1) is 19.7 Å². The molecule has 0 spiro atoms. The van der Waals surface area contributed by atoms with Gasteiger partial charge in [-0.05, 0) is 90.6 Å². The molecular formula is C29H32FNO4. The second-order valence-corrected chi connectivity index (χ2v) is 9.76. The van der Waals surface area contributed by atoms with Gasteiger partial charge >= 0.3 is 5.97 Å². The van der Waals surface area contributed by atoms with E-state index in [-0.39, 0.29) is 18.0 Å². The Morgan fingerprint density at radius 3 is 2.69 bits per heavy atom. The Morgan fingerprint density at radius 2 is 1.94 bits per heavy atom. The summed E-state index contributed by atoms with van der Waals surface area (Å²) in [5, 5.41) is 0. The average molecular weight is 478 g/mol. The van der Waals surface area contributed by atoms with Gasteiger partial charge in [0.15, 0.2) is 6.10 Å². The molecule has 1 aliphatic carbocycles. The van der Waals surface area contributed by atoms with Crippen molar-refractivity contribution in [3.05, 3.63) is 79.0 Å². The molecule has 3 aliphatic rings. The second kappa shape index (κ2) is 9.23. The number of carbonyl (C=O) groups excluding carboxylic acids is 1. The monoisotopic (exact) mass is 477 g/mol.